The summed E-state index contributed by atoms with van der Waals surface area (Å²) >= 11 is 1.35. The largest absolute Gasteiger partial charge is 0.377 e. The van der Waals surface area contributed by atoms with Crippen LogP contribution in [0.5, 0.6) is 0 Å². The highest BCUT2D eigenvalue weighted by Crippen LogP contribution is 2.18. The van der Waals surface area contributed by atoms with E-state index < -0.39 is 0 Å². The lowest BCUT2D eigenvalue weighted by Gasteiger charge is -2.09. The summed E-state index contributed by atoms with van der Waals surface area (Å²) in [6.45, 7) is 4.44. The molecule has 0 aliphatic rings. The maximum atomic E-state index is 11.7. The molecule has 0 spiro atoms. The zero-order valence-electron chi connectivity index (χ0n) is 9.82. The molecule has 90 valence electrons. The first-order valence-electron chi connectivity index (χ1n) is 5.33. The molecule has 1 heterocycles. The fourth-order valence-electron chi connectivity index (χ4n) is 1.35. The predicted molar refractivity (Wildman–Crippen MR) is 63.3 cm³/mol. The molecule has 0 saturated carbocycles. The van der Waals surface area contributed by atoms with Gasteiger partial charge >= 0.3 is 0 Å². The number of hydrogen-bond acceptors (Lipinski definition) is 5. The Morgan fingerprint density at radius 1 is 1.44 bits per heavy atom. The smallest absolute Gasteiger partial charge is 0.229 e. The highest BCUT2D eigenvalue weighted by atomic mass is 32.1. The summed E-state index contributed by atoms with van der Waals surface area (Å²) in [5.41, 5.74) is 0. The van der Waals surface area contributed by atoms with Crippen molar-refractivity contribution < 1.29 is 9.53 Å². The molecule has 0 bridgehead atoms. The minimum absolute atomic E-state index is 0.0186. The molecule has 5 nitrogen and oxygen atoms in total. The van der Waals surface area contributed by atoms with Crippen LogP contribution in [0.15, 0.2) is 0 Å². The molecule has 1 N–H and O–H groups in total. The standard InChI is InChI=1S/C10H17N3O2S/c1-4-7(5-2)9(14)11-10-13-12-8(16-10)6-15-3/h7H,4-6H2,1-3H3,(H,11,13,14). The van der Waals surface area contributed by atoms with Crippen molar-refractivity contribution >= 4 is 22.4 Å². The van der Waals surface area contributed by atoms with Crippen LogP contribution in [0, 0.1) is 5.92 Å². The first-order chi connectivity index (χ1) is 7.71. The number of carbonyl (C=O) groups excluding carboxylic acids is 1. The van der Waals surface area contributed by atoms with Gasteiger partial charge in [0.2, 0.25) is 11.0 Å². The summed E-state index contributed by atoms with van der Waals surface area (Å²) in [4.78, 5) is 11.7. The van der Waals surface area contributed by atoms with E-state index in [-0.39, 0.29) is 11.8 Å². The van der Waals surface area contributed by atoms with Gasteiger partial charge in [-0.3, -0.25) is 4.79 Å². The van der Waals surface area contributed by atoms with Gasteiger partial charge in [0.1, 0.15) is 11.6 Å². The summed E-state index contributed by atoms with van der Waals surface area (Å²) in [7, 11) is 1.60. The van der Waals surface area contributed by atoms with E-state index in [0.717, 1.165) is 17.8 Å². The Balaban J connectivity index is 2.55. The molecule has 0 radical (unpaired) electrons. The van der Waals surface area contributed by atoms with Crippen molar-refractivity contribution in [2.45, 2.75) is 33.3 Å². The molecule has 0 aliphatic carbocycles. The second kappa shape index (κ2) is 6.55. The van der Waals surface area contributed by atoms with Gasteiger partial charge in [-0.15, -0.1) is 10.2 Å². The molecule has 1 rings (SSSR count). The second-order valence-corrected chi connectivity index (χ2v) is 4.50. The van der Waals surface area contributed by atoms with Gasteiger partial charge in [-0.05, 0) is 12.8 Å². The quantitative estimate of drug-likeness (QED) is 0.830. The van der Waals surface area contributed by atoms with E-state index in [0.29, 0.717) is 11.7 Å². The Morgan fingerprint density at radius 3 is 2.69 bits per heavy atom. The number of aromatic nitrogens is 2. The van der Waals surface area contributed by atoms with Crippen molar-refractivity contribution in [3.63, 3.8) is 0 Å². The molecule has 1 aromatic heterocycles. The first kappa shape index (κ1) is 13.1. The van der Waals surface area contributed by atoms with Crippen LogP contribution in [0.1, 0.15) is 31.7 Å². The number of methoxy groups -OCH3 is 1. The lowest BCUT2D eigenvalue weighted by Crippen LogP contribution is -2.21. The van der Waals surface area contributed by atoms with E-state index in [1.807, 2.05) is 13.8 Å². The van der Waals surface area contributed by atoms with E-state index >= 15 is 0 Å². The highest BCUT2D eigenvalue weighted by molar-refractivity contribution is 7.15. The summed E-state index contributed by atoms with van der Waals surface area (Å²) in [6, 6.07) is 0. The van der Waals surface area contributed by atoms with Crippen LogP contribution < -0.4 is 5.32 Å². The molecule has 0 unspecified atom stereocenters. The summed E-state index contributed by atoms with van der Waals surface area (Å²) in [5.74, 6) is 0.0693. The molecule has 0 atom stereocenters. The van der Waals surface area contributed by atoms with Crippen LogP contribution in [0.2, 0.25) is 0 Å². The van der Waals surface area contributed by atoms with Crippen molar-refractivity contribution in [3.05, 3.63) is 5.01 Å². The molecule has 0 saturated heterocycles. The third kappa shape index (κ3) is 3.53. The van der Waals surface area contributed by atoms with Crippen LogP contribution in [0.4, 0.5) is 5.13 Å². The SMILES string of the molecule is CCC(CC)C(=O)Nc1nnc(COC)s1. The van der Waals surface area contributed by atoms with Crippen LogP contribution in [0.25, 0.3) is 0 Å². The Labute approximate surface area is 99.2 Å². The van der Waals surface area contributed by atoms with Crippen molar-refractivity contribution in [1.82, 2.24) is 10.2 Å². The maximum Gasteiger partial charge on any atom is 0.229 e. The van der Waals surface area contributed by atoms with Crippen LogP contribution in [-0.2, 0) is 16.1 Å². The Bertz CT molecular complexity index is 337. The number of amides is 1. The van der Waals surface area contributed by atoms with Gasteiger partial charge in [0, 0.05) is 13.0 Å². The van der Waals surface area contributed by atoms with Crippen molar-refractivity contribution in [2.75, 3.05) is 12.4 Å². The molecule has 16 heavy (non-hydrogen) atoms. The zero-order valence-corrected chi connectivity index (χ0v) is 10.6. The van der Waals surface area contributed by atoms with E-state index in [1.165, 1.54) is 11.3 Å². The number of nitrogens with zero attached hydrogens (tertiary/aromatic N) is 2. The fourth-order valence-corrected chi connectivity index (χ4v) is 2.07. The third-order valence-corrected chi connectivity index (χ3v) is 3.13. The molecule has 0 aromatic carbocycles. The van der Waals surface area contributed by atoms with Crippen LogP contribution >= 0.6 is 11.3 Å². The second-order valence-electron chi connectivity index (χ2n) is 3.44. The summed E-state index contributed by atoms with van der Waals surface area (Å²) < 4.78 is 4.93. The topological polar surface area (TPSA) is 64.1 Å². The van der Waals surface area contributed by atoms with Gasteiger partial charge < -0.3 is 10.1 Å². The molecular weight excluding hydrogens is 226 g/mol. The maximum absolute atomic E-state index is 11.7. The van der Waals surface area contributed by atoms with Gasteiger partial charge in [-0.1, -0.05) is 25.2 Å². The third-order valence-electron chi connectivity index (χ3n) is 2.32. The molecular formula is C10H17N3O2S. The Hall–Kier alpha value is -1.01. The molecule has 0 aliphatic heterocycles. The number of hydrogen-bond donors (Lipinski definition) is 1. The van der Waals surface area contributed by atoms with E-state index in [9.17, 15) is 4.79 Å². The first-order valence-corrected chi connectivity index (χ1v) is 6.15. The predicted octanol–water partition coefficient (Wildman–Crippen LogP) is 2.06. The van der Waals surface area contributed by atoms with E-state index in [4.69, 9.17) is 4.74 Å². The number of ether oxygens (including phenoxy) is 1. The van der Waals surface area contributed by atoms with E-state index in [2.05, 4.69) is 15.5 Å². The summed E-state index contributed by atoms with van der Waals surface area (Å²) in [6.07, 6.45) is 1.68. The van der Waals surface area contributed by atoms with Crippen molar-refractivity contribution in [3.8, 4) is 0 Å². The molecule has 6 heteroatoms. The average molecular weight is 243 g/mol. The van der Waals surface area contributed by atoms with Gasteiger partial charge in [-0.25, -0.2) is 0 Å². The molecule has 0 fully saturated rings. The van der Waals surface area contributed by atoms with E-state index in [1.54, 1.807) is 7.11 Å². The minimum Gasteiger partial charge on any atom is -0.377 e. The Morgan fingerprint density at radius 2 is 2.12 bits per heavy atom. The number of carbonyl (C=O) groups is 1. The monoisotopic (exact) mass is 243 g/mol. The fraction of sp³-hybridized carbons (Fsp3) is 0.700. The lowest BCUT2D eigenvalue weighted by molar-refractivity contribution is -0.120. The van der Waals surface area contributed by atoms with Crippen molar-refractivity contribution in [2.24, 2.45) is 5.92 Å². The average Bonchev–Trinajstić information content (AvgIpc) is 2.68. The zero-order chi connectivity index (χ0) is 12.0. The highest BCUT2D eigenvalue weighted by Gasteiger charge is 2.15. The lowest BCUT2D eigenvalue weighted by atomic mass is 10.0. The van der Waals surface area contributed by atoms with Crippen LogP contribution in [0.3, 0.4) is 0 Å². The molecule has 1 amide bonds. The van der Waals surface area contributed by atoms with Crippen LogP contribution in [-0.4, -0.2) is 23.2 Å². The normalized spacial score (nSPS) is 10.8. The van der Waals surface area contributed by atoms with Gasteiger partial charge in [-0.2, -0.15) is 0 Å². The number of rotatable bonds is 6. The number of nitrogens with one attached hydrogen (secondary N) is 1. The molecule has 1 aromatic rings. The summed E-state index contributed by atoms with van der Waals surface area (Å²) in [5, 5.41) is 11.9. The van der Waals surface area contributed by atoms with Gasteiger partial charge in [0.15, 0.2) is 0 Å². The van der Waals surface area contributed by atoms with Gasteiger partial charge in [0.25, 0.3) is 0 Å². The number of anilines is 1. The van der Waals surface area contributed by atoms with Crippen molar-refractivity contribution in [1.29, 1.82) is 0 Å². The Kier molecular flexibility index (Phi) is 5.34. The van der Waals surface area contributed by atoms with Gasteiger partial charge in [0.05, 0.1) is 0 Å². The minimum atomic E-state index is 0.0186.